The average Bonchev–Trinajstić information content (AvgIpc) is 2.77. The van der Waals surface area contributed by atoms with E-state index >= 15 is 0 Å². The molecule has 0 amide bonds. The summed E-state index contributed by atoms with van der Waals surface area (Å²) in [5.74, 6) is -0.573. The van der Waals surface area contributed by atoms with E-state index < -0.39 is 5.82 Å². The molecule has 0 unspecified atom stereocenters. The first-order chi connectivity index (χ1) is 8.63. The Hall–Kier alpha value is -1.97. The molecule has 0 fully saturated rings. The molecule has 0 atom stereocenters. The Bertz CT molecular complexity index is 575. The van der Waals surface area contributed by atoms with Crippen LogP contribution in [0.3, 0.4) is 0 Å². The maximum absolute atomic E-state index is 13.8. The third kappa shape index (κ3) is 2.32. The standard InChI is InChI=1S/C14H15FN2O/c1-3-7-17-8-6-16-14(17)13(18)11-5-4-10(2)9-12(11)15/h4-6,8-9H,3,7H2,1-2H3. The summed E-state index contributed by atoms with van der Waals surface area (Å²) in [5.41, 5.74) is 0.866. The zero-order valence-corrected chi connectivity index (χ0v) is 10.5. The molecule has 4 heteroatoms. The zero-order valence-electron chi connectivity index (χ0n) is 10.5. The molecule has 2 rings (SSSR count). The van der Waals surface area contributed by atoms with E-state index in [9.17, 15) is 9.18 Å². The van der Waals surface area contributed by atoms with Crippen LogP contribution in [0.5, 0.6) is 0 Å². The van der Waals surface area contributed by atoms with Crippen molar-refractivity contribution in [2.24, 2.45) is 0 Å². The number of carbonyl (C=O) groups excluding carboxylic acids is 1. The lowest BCUT2D eigenvalue weighted by Crippen LogP contribution is -2.12. The number of ketones is 1. The van der Waals surface area contributed by atoms with Crippen LogP contribution in [-0.2, 0) is 6.54 Å². The summed E-state index contributed by atoms with van der Waals surface area (Å²) in [7, 11) is 0. The van der Waals surface area contributed by atoms with Crippen molar-refractivity contribution in [2.75, 3.05) is 0 Å². The molecule has 3 nitrogen and oxygen atoms in total. The molecule has 0 bridgehead atoms. The Kier molecular flexibility index (Phi) is 3.55. The van der Waals surface area contributed by atoms with Crippen LogP contribution in [-0.4, -0.2) is 15.3 Å². The van der Waals surface area contributed by atoms with Crippen LogP contribution in [0.2, 0.25) is 0 Å². The minimum absolute atomic E-state index is 0.0733. The molecule has 2 aromatic rings. The highest BCUT2D eigenvalue weighted by atomic mass is 19.1. The second kappa shape index (κ2) is 5.12. The highest BCUT2D eigenvalue weighted by molar-refractivity contribution is 6.06. The number of carbonyl (C=O) groups is 1. The van der Waals surface area contributed by atoms with E-state index in [-0.39, 0.29) is 11.3 Å². The number of rotatable bonds is 4. The SMILES string of the molecule is CCCn1ccnc1C(=O)c1ccc(C)cc1F. The molecule has 18 heavy (non-hydrogen) atoms. The lowest BCUT2D eigenvalue weighted by Gasteiger charge is -2.06. The van der Waals surface area contributed by atoms with E-state index in [1.807, 2.05) is 6.92 Å². The van der Waals surface area contributed by atoms with E-state index in [1.165, 1.54) is 12.1 Å². The van der Waals surface area contributed by atoms with Gasteiger partial charge in [-0.25, -0.2) is 9.37 Å². The lowest BCUT2D eigenvalue weighted by atomic mass is 10.1. The summed E-state index contributed by atoms with van der Waals surface area (Å²) >= 11 is 0. The first-order valence-electron chi connectivity index (χ1n) is 5.95. The van der Waals surface area contributed by atoms with E-state index in [0.717, 1.165) is 12.0 Å². The highest BCUT2D eigenvalue weighted by Gasteiger charge is 2.18. The predicted molar refractivity (Wildman–Crippen MR) is 67.1 cm³/mol. The molecule has 0 radical (unpaired) electrons. The van der Waals surface area contributed by atoms with Gasteiger partial charge in [0.05, 0.1) is 5.56 Å². The summed E-state index contributed by atoms with van der Waals surface area (Å²) in [6.45, 7) is 4.50. The molecule has 0 aliphatic rings. The van der Waals surface area contributed by atoms with Crippen molar-refractivity contribution in [3.8, 4) is 0 Å². The predicted octanol–water partition coefficient (Wildman–Crippen LogP) is 2.97. The van der Waals surface area contributed by atoms with E-state index in [4.69, 9.17) is 0 Å². The van der Waals surface area contributed by atoms with E-state index in [0.29, 0.717) is 12.4 Å². The normalized spacial score (nSPS) is 10.6. The summed E-state index contributed by atoms with van der Waals surface area (Å²) in [4.78, 5) is 16.2. The van der Waals surface area contributed by atoms with Crippen LogP contribution < -0.4 is 0 Å². The van der Waals surface area contributed by atoms with Gasteiger partial charge in [-0.3, -0.25) is 4.79 Å². The minimum atomic E-state index is -0.494. The fourth-order valence-electron chi connectivity index (χ4n) is 1.86. The fourth-order valence-corrected chi connectivity index (χ4v) is 1.86. The molecule has 94 valence electrons. The number of aryl methyl sites for hydroxylation is 2. The average molecular weight is 246 g/mol. The van der Waals surface area contributed by atoms with Crippen LogP contribution in [0.15, 0.2) is 30.6 Å². The first kappa shape index (κ1) is 12.5. The third-order valence-corrected chi connectivity index (χ3v) is 2.75. The Labute approximate surface area is 105 Å². The van der Waals surface area contributed by atoms with Gasteiger partial charge in [-0.15, -0.1) is 0 Å². The maximum atomic E-state index is 13.8. The summed E-state index contributed by atoms with van der Waals surface area (Å²) < 4.78 is 15.5. The number of imidazole rings is 1. The third-order valence-electron chi connectivity index (χ3n) is 2.75. The monoisotopic (exact) mass is 246 g/mol. The van der Waals surface area contributed by atoms with Crippen molar-refractivity contribution in [3.05, 3.63) is 53.4 Å². The largest absolute Gasteiger partial charge is 0.328 e. The lowest BCUT2D eigenvalue weighted by molar-refractivity contribution is 0.102. The maximum Gasteiger partial charge on any atom is 0.231 e. The van der Waals surface area contributed by atoms with Crippen LogP contribution in [0.25, 0.3) is 0 Å². The summed E-state index contributed by atoms with van der Waals surface area (Å²) in [6, 6.07) is 4.60. The number of aromatic nitrogens is 2. The molecule has 1 heterocycles. The molecule has 0 aliphatic heterocycles. The minimum Gasteiger partial charge on any atom is -0.328 e. The molecular weight excluding hydrogens is 231 g/mol. The van der Waals surface area contributed by atoms with Crippen LogP contribution in [0.1, 0.15) is 35.1 Å². The number of benzene rings is 1. The van der Waals surface area contributed by atoms with Crippen molar-refractivity contribution in [1.82, 2.24) is 9.55 Å². The van der Waals surface area contributed by atoms with Gasteiger partial charge in [-0.05, 0) is 31.0 Å². The molecule has 1 aromatic carbocycles. The van der Waals surface area contributed by atoms with Gasteiger partial charge in [0.1, 0.15) is 5.82 Å². The molecule has 0 N–H and O–H groups in total. The zero-order chi connectivity index (χ0) is 13.1. The summed E-state index contributed by atoms with van der Waals surface area (Å²) in [5, 5.41) is 0. The van der Waals surface area contributed by atoms with Crippen molar-refractivity contribution in [1.29, 1.82) is 0 Å². The number of hydrogen-bond acceptors (Lipinski definition) is 2. The molecule has 0 aliphatic carbocycles. The smallest absolute Gasteiger partial charge is 0.231 e. The number of nitrogens with zero attached hydrogens (tertiary/aromatic N) is 2. The van der Waals surface area contributed by atoms with Crippen molar-refractivity contribution in [2.45, 2.75) is 26.8 Å². The van der Waals surface area contributed by atoms with Gasteiger partial charge >= 0.3 is 0 Å². The van der Waals surface area contributed by atoms with Crippen molar-refractivity contribution in [3.63, 3.8) is 0 Å². The van der Waals surface area contributed by atoms with Gasteiger partial charge in [0.15, 0.2) is 5.82 Å². The van der Waals surface area contributed by atoms with Crippen molar-refractivity contribution < 1.29 is 9.18 Å². The summed E-state index contributed by atoms with van der Waals surface area (Å²) in [6.07, 6.45) is 4.20. The Morgan fingerprint density at radius 3 is 2.89 bits per heavy atom. The van der Waals surface area contributed by atoms with Crippen molar-refractivity contribution >= 4 is 5.78 Å². The van der Waals surface area contributed by atoms with Gasteiger partial charge in [0.2, 0.25) is 5.78 Å². The van der Waals surface area contributed by atoms with Crippen LogP contribution in [0, 0.1) is 12.7 Å². The van der Waals surface area contributed by atoms with E-state index in [1.54, 1.807) is 30.0 Å². The van der Waals surface area contributed by atoms with Gasteiger partial charge in [-0.2, -0.15) is 0 Å². The van der Waals surface area contributed by atoms with Gasteiger partial charge in [-0.1, -0.05) is 13.0 Å². The van der Waals surface area contributed by atoms with E-state index in [2.05, 4.69) is 4.98 Å². The molecule has 0 saturated carbocycles. The number of hydrogen-bond donors (Lipinski definition) is 0. The highest BCUT2D eigenvalue weighted by Crippen LogP contribution is 2.14. The second-order valence-corrected chi connectivity index (χ2v) is 4.26. The Balaban J connectivity index is 2.38. The Morgan fingerprint density at radius 2 is 2.22 bits per heavy atom. The number of halogens is 1. The van der Waals surface area contributed by atoms with Gasteiger partial charge in [0.25, 0.3) is 0 Å². The molecule has 1 aromatic heterocycles. The van der Waals surface area contributed by atoms with Crippen LogP contribution >= 0.6 is 0 Å². The molecule has 0 saturated heterocycles. The first-order valence-corrected chi connectivity index (χ1v) is 5.95. The topological polar surface area (TPSA) is 34.9 Å². The molecular formula is C14H15FN2O. The van der Waals surface area contributed by atoms with Crippen LogP contribution in [0.4, 0.5) is 4.39 Å². The van der Waals surface area contributed by atoms with Gasteiger partial charge < -0.3 is 4.57 Å². The Morgan fingerprint density at radius 1 is 1.44 bits per heavy atom. The second-order valence-electron chi connectivity index (χ2n) is 4.26. The van der Waals surface area contributed by atoms with Gasteiger partial charge in [0, 0.05) is 18.9 Å². The quantitative estimate of drug-likeness (QED) is 0.777. The molecule has 0 spiro atoms. The fraction of sp³-hybridized carbons (Fsp3) is 0.286.